The molecule has 1 aromatic rings. The second-order valence-electron chi connectivity index (χ2n) is 5.18. The third-order valence-corrected chi connectivity index (χ3v) is 4.44. The highest BCUT2D eigenvalue weighted by molar-refractivity contribution is 9.10. The maximum Gasteiger partial charge on any atom is 0.0410 e. The summed E-state index contributed by atoms with van der Waals surface area (Å²) in [7, 11) is 0. The van der Waals surface area contributed by atoms with Crippen molar-refractivity contribution in [1.82, 2.24) is 10.3 Å². The fourth-order valence-corrected chi connectivity index (χ4v) is 3.22. The number of aromatic nitrogens is 1. The van der Waals surface area contributed by atoms with Crippen molar-refractivity contribution >= 4 is 15.9 Å². The Balaban J connectivity index is 1.82. The molecule has 17 heavy (non-hydrogen) atoms. The van der Waals surface area contributed by atoms with E-state index in [0.29, 0.717) is 5.41 Å². The lowest BCUT2D eigenvalue weighted by Crippen LogP contribution is -2.31. The van der Waals surface area contributed by atoms with Gasteiger partial charge in [-0.3, -0.25) is 4.98 Å². The molecular weight excluding hydrogens is 276 g/mol. The molecule has 0 unspecified atom stereocenters. The van der Waals surface area contributed by atoms with Crippen LogP contribution in [-0.4, -0.2) is 11.5 Å². The van der Waals surface area contributed by atoms with Gasteiger partial charge in [-0.15, -0.1) is 0 Å². The first kappa shape index (κ1) is 13.0. The van der Waals surface area contributed by atoms with Gasteiger partial charge in [0.15, 0.2) is 0 Å². The van der Waals surface area contributed by atoms with Crippen LogP contribution in [0.15, 0.2) is 22.9 Å². The first-order chi connectivity index (χ1) is 8.24. The Labute approximate surface area is 112 Å². The summed E-state index contributed by atoms with van der Waals surface area (Å²) in [6.07, 6.45) is 10.7. The second-order valence-corrected chi connectivity index (χ2v) is 6.09. The van der Waals surface area contributed by atoms with Crippen molar-refractivity contribution in [3.05, 3.63) is 28.5 Å². The standard InChI is InChI=1S/C14H21BrN2/c1-2-14(5-3-4-6-14)11-17-9-12-7-13(15)10-16-8-12/h7-8,10,17H,2-6,9,11H2,1H3. The smallest absolute Gasteiger partial charge is 0.0410 e. The molecule has 0 aliphatic heterocycles. The molecule has 1 aromatic heterocycles. The average molecular weight is 297 g/mol. The SMILES string of the molecule is CCC1(CNCc2cncc(Br)c2)CCCC1. The molecule has 2 rings (SSSR count). The summed E-state index contributed by atoms with van der Waals surface area (Å²) in [6, 6.07) is 2.13. The van der Waals surface area contributed by atoms with E-state index >= 15 is 0 Å². The summed E-state index contributed by atoms with van der Waals surface area (Å²) >= 11 is 3.45. The molecule has 0 atom stereocenters. The second kappa shape index (κ2) is 5.96. The van der Waals surface area contributed by atoms with E-state index in [9.17, 15) is 0 Å². The van der Waals surface area contributed by atoms with Crippen molar-refractivity contribution in [3.8, 4) is 0 Å². The molecule has 3 heteroatoms. The molecule has 0 spiro atoms. The van der Waals surface area contributed by atoms with Gasteiger partial charge in [0.2, 0.25) is 0 Å². The van der Waals surface area contributed by atoms with Crippen LogP contribution in [-0.2, 0) is 6.54 Å². The molecule has 1 saturated carbocycles. The molecular formula is C14H21BrN2. The zero-order valence-corrected chi connectivity index (χ0v) is 12.1. The number of hydrogen-bond acceptors (Lipinski definition) is 2. The number of hydrogen-bond donors (Lipinski definition) is 1. The Morgan fingerprint density at radius 2 is 2.12 bits per heavy atom. The lowest BCUT2D eigenvalue weighted by atomic mass is 9.83. The van der Waals surface area contributed by atoms with Crippen LogP contribution in [0.3, 0.4) is 0 Å². The van der Waals surface area contributed by atoms with E-state index in [-0.39, 0.29) is 0 Å². The number of rotatable bonds is 5. The van der Waals surface area contributed by atoms with E-state index in [1.165, 1.54) is 37.7 Å². The first-order valence-electron chi connectivity index (χ1n) is 6.54. The highest BCUT2D eigenvalue weighted by Crippen LogP contribution is 2.40. The van der Waals surface area contributed by atoms with Crippen molar-refractivity contribution < 1.29 is 0 Å². The van der Waals surface area contributed by atoms with Crippen LogP contribution < -0.4 is 5.32 Å². The molecule has 0 bridgehead atoms. The Morgan fingerprint density at radius 1 is 1.35 bits per heavy atom. The number of pyridine rings is 1. The van der Waals surface area contributed by atoms with Crippen LogP contribution in [0.25, 0.3) is 0 Å². The van der Waals surface area contributed by atoms with Gasteiger partial charge in [-0.1, -0.05) is 19.8 Å². The van der Waals surface area contributed by atoms with Crippen LogP contribution in [0, 0.1) is 5.41 Å². The Kier molecular flexibility index (Phi) is 4.57. The first-order valence-corrected chi connectivity index (χ1v) is 7.34. The minimum absolute atomic E-state index is 0.569. The lowest BCUT2D eigenvalue weighted by molar-refractivity contribution is 0.268. The Morgan fingerprint density at radius 3 is 2.76 bits per heavy atom. The number of nitrogens with zero attached hydrogens (tertiary/aromatic N) is 1. The van der Waals surface area contributed by atoms with Crippen LogP contribution >= 0.6 is 15.9 Å². The molecule has 2 nitrogen and oxygen atoms in total. The fraction of sp³-hybridized carbons (Fsp3) is 0.643. The number of halogens is 1. The Hall–Kier alpha value is -0.410. The van der Waals surface area contributed by atoms with E-state index in [1.807, 2.05) is 12.4 Å². The lowest BCUT2D eigenvalue weighted by Gasteiger charge is -2.27. The van der Waals surface area contributed by atoms with Gasteiger partial charge in [-0.2, -0.15) is 0 Å². The van der Waals surface area contributed by atoms with Gasteiger partial charge in [-0.25, -0.2) is 0 Å². The molecule has 1 N–H and O–H groups in total. The largest absolute Gasteiger partial charge is 0.312 e. The van der Waals surface area contributed by atoms with Crippen molar-refractivity contribution in [2.75, 3.05) is 6.54 Å². The molecule has 94 valence electrons. The van der Waals surface area contributed by atoms with Gasteiger partial charge in [0.05, 0.1) is 0 Å². The van der Waals surface area contributed by atoms with Gasteiger partial charge in [0, 0.05) is 30.0 Å². The summed E-state index contributed by atoms with van der Waals surface area (Å²) in [5.41, 5.74) is 1.82. The van der Waals surface area contributed by atoms with Crippen molar-refractivity contribution in [2.45, 2.75) is 45.6 Å². The molecule has 0 radical (unpaired) electrons. The maximum absolute atomic E-state index is 4.19. The summed E-state index contributed by atoms with van der Waals surface area (Å²) in [6.45, 7) is 4.40. The van der Waals surface area contributed by atoms with Crippen LogP contribution in [0.1, 0.15) is 44.6 Å². The van der Waals surface area contributed by atoms with E-state index < -0.39 is 0 Å². The third kappa shape index (κ3) is 3.52. The summed E-state index contributed by atoms with van der Waals surface area (Å²) in [5, 5.41) is 3.60. The molecule has 1 aliphatic rings. The van der Waals surface area contributed by atoms with Crippen molar-refractivity contribution in [1.29, 1.82) is 0 Å². The summed E-state index contributed by atoms with van der Waals surface area (Å²) in [4.78, 5) is 4.19. The summed E-state index contributed by atoms with van der Waals surface area (Å²) in [5.74, 6) is 0. The highest BCUT2D eigenvalue weighted by Gasteiger charge is 2.31. The van der Waals surface area contributed by atoms with E-state index in [0.717, 1.165) is 17.6 Å². The molecule has 0 saturated heterocycles. The van der Waals surface area contributed by atoms with Crippen LogP contribution in [0.4, 0.5) is 0 Å². The maximum atomic E-state index is 4.19. The monoisotopic (exact) mass is 296 g/mol. The predicted octanol–water partition coefficient (Wildman–Crippen LogP) is 3.90. The third-order valence-electron chi connectivity index (χ3n) is 4.00. The van der Waals surface area contributed by atoms with Crippen molar-refractivity contribution in [2.24, 2.45) is 5.41 Å². The Bertz CT molecular complexity index is 359. The molecule has 0 amide bonds. The van der Waals surface area contributed by atoms with Gasteiger partial charge >= 0.3 is 0 Å². The predicted molar refractivity (Wildman–Crippen MR) is 74.8 cm³/mol. The van der Waals surface area contributed by atoms with Gasteiger partial charge in [0.1, 0.15) is 0 Å². The zero-order valence-electron chi connectivity index (χ0n) is 10.5. The quantitative estimate of drug-likeness (QED) is 0.891. The number of nitrogens with one attached hydrogen (secondary N) is 1. The van der Waals surface area contributed by atoms with Crippen LogP contribution in [0.5, 0.6) is 0 Å². The molecule has 1 heterocycles. The van der Waals surface area contributed by atoms with Gasteiger partial charge in [-0.05, 0) is 52.2 Å². The average Bonchev–Trinajstić information content (AvgIpc) is 2.79. The van der Waals surface area contributed by atoms with Gasteiger partial charge in [0.25, 0.3) is 0 Å². The molecule has 0 aromatic carbocycles. The summed E-state index contributed by atoms with van der Waals surface area (Å²) < 4.78 is 1.06. The van der Waals surface area contributed by atoms with E-state index in [4.69, 9.17) is 0 Å². The minimum Gasteiger partial charge on any atom is -0.312 e. The normalized spacial score (nSPS) is 18.5. The zero-order chi connectivity index (χ0) is 12.1. The van der Waals surface area contributed by atoms with E-state index in [1.54, 1.807) is 0 Å². The fourth-order valence-electron chi connectivity index (χ4n) is 2.80. The molecule has 1 aliphatic carbocycles. The highest BCUT2D eigenvalue weighted by atomic mass is 79.9. The topological polar surface area (TPSA) is 24.9 Å². The molecule has 1 fully saturated rings. The van der Waals surface area contributed by atoms with E-state index in [2.05, 4.69) is 39.2 Å². The van der Waals surface area contributed by atoms with Crippen molar-refractivity contribution in [3.63, 3.8) is 0 Å². The minimum atomic E-state index is 0.569. The van der Waals surface area contributed by atoms with Crippen LogP contribution in [0.2, 0.25) is 0 Å². The van der Waals surface area contributed by atoms with Gasteiger partial charge < -0.3 is 5.32 Å².